The first kappa shape index (κ1) is 11.2. The Labute approximate surface area is 94.9 Å². The van der Waals surface area contributed by atoms with E-state index in [0.717, 1.165) is 26.1 Å². The van der Waals surface area contributed by atoms with Crippen LogP contribution in [0.2, 0.25) is 0 Å². The molecule has 3 N–H and O–H groups in total. The third-order valence-electron chi connectivity index (χ3n) is 2.84. The Morgan fingerprint density at radius 1 is 1.38 bits per heavy atom. The SMILES string of the molecule is Oc1cccc(CNC2CCCOC2)c1O. The molecule has 0 saturated carbocycles. The van der Waals surface area contributed by atoms with E-state index in [0.29, 0.717) is 18.2 Å². The minimum absolute atomic E-state index is 0.0354. The van der Waals surface area contributed by atoms with E-state index in [1.165, 1.54) is 6.07 Å². The van der Waals surface area contributed by atoms with Crippen LogP contribution in [0, 0.1) is 0 Å². The topological polar surface area (TPSA) is 61.7 Å². The second kappa shape index (κ2) is 5.18. The summed E-state index contributed by atoms with van der Waals surface area (Å²) in [5, 5.41) is 22.3. The quantitative estimate of drug-likeness (QED) is 0.677. The molecule has 1 aliphatic rings. The average molecular weight is 223 g/mol. The Morgan fingerprint density at radius 2 is 2.25 bits per heavy atom. The van der Waals surface area contributed by atoms with Crippen LogP contribution in [0.5, 0.6) is 11.5 Å². The Hall–Kier alpha value is -1.26. The summed E-state index contributed by atoms with van der Waals surface area (Å²) in [7, 11) is 0. The number of ether oxygens (including phenoxy) is 1. The Kier molecular flexibility index (Phi) is 3.64. The number of phenolic OH excluding ortho intramolecular Hbond substituents is 2. The maximum atomic E-state index is 9.61. The van der Waals surface area contributed by atoms with Crippen LogP contribution in [-0.2, 0) is 11.3 Å². The van der Waals surface area contributed by atoms with Crippen molar-refractivity contribution in [2.24, 2.45) is 0 Å². The lowest BCUT2D eigenvalue weighted by atomic mass is 10.1. The van der Waals surface area contributed by atoms with Crippen molar-refractivity contribution in [3.05, 3.63) is 23.8 Å². The molecule has 4 nitrogen and oxygen atoms in total. The lowest BCUT2D eigenvalue weighted by Gasteiger charge is -2.23. The first-order chi connectivity index (χ1) is 7.77. The van der Waals surface area contributed by atoms with Gasteiger partial charge in [0.2, 0.25) is 0 Å². The van der Waals surface area contributed by atoms with E-state index in [4.69, 9.17) is 4.74 Å². The number of aromatic hydroxyl groups is 2. The van der Waals surface area contributed by atoms with Gasteiger partial charge in [0.15, 0.2) is 11.5 Å². The maximum Gasteiger partial charge on any atom is 0.161 e. The van der Waals surface area contributed by atoms with E-state index in [1.54, 1.807) is 12.1 Å². The molecule has 1 atom stereocenters. The van der Waals surface area contributed by atoms with Crippen molar-refractivity contribution in [2.45, 2.75) is 25.4 Å². The molecular formula is C12H17NO3. The third kappa shape index (κ3) is 2.65. The predicted molar refractivity (Wildman–Crippen MR) is 60.5 cm³/mol. The molecular weight excluding hydrogens is 206 g/mol. The largest absolute Gasteiger partial charge is 0.504 e. The van der Waals surface area contributed by atoms with Gasteiger partial charge in [0.05, 0.1) is 6.61 Å². The highest BCUT2D eigenvalue weighted by Gasteiger charge is 2.14. The minimum Gasteiger partial charge on any atom is -0.504 e. The summed E-state index contributed by atoms with van der Waals surface area (Å²) < 4.78 is 5.35. The fourth-order valence-electron chi connectivity index (χ4n) is 1.88. The number of phenols is 2. The fourth-order valence-corrected chi connectivity index (χ4v) is 1.88. The van der Waals surface area contributed by atoms with Gasteiger partial charge in [-0.15, -0.1) is 0 Å². The first-order valence-electron chi connectivity index (χ1n) is 5.58. The Balaban J connectivity index is 1.91. The lowest BCUT2D eigenvalue weighted by Crippen LogP contribution is -2.36. The second-order valence-corrected chi connectivity index (χ2v) is 4.08. The van der Waals surface area contributed by atoms with Gasteiger partial charge < -0.3 is 20.3 Å². The highest BCUT2D eigenvalue weighted by atomic mass is 16.5. The van der Waals surface area contributed by atoms with Gasteiger partial charge >= 0.3 is 0 Å². The predicted octanol–water partition coefficient (Wildman–Crippen LogP) is 1.37. The lowest BCUT2D eigenvalue weighted by molar-refractivity contribution is 0.0698. The van der Waals surface area contributed by atoms with E-state index < -0.39 is 0 Å². The zero-order chi connectivity index (χ0) is 11.4. The maximum absolute atomic E-state index is 9.61. The molecule has 1 aromatic carbocycles. The average Bonchev–Trinajstić information content (AvgIpc) is 2.32. The molecule has 1 unspecified atom stereocenters. The second-order valence-electron chi connectivity index (χ2n) is 4.08. The summed E-state index contributed by atoms with van der Waals surface area (Å²) >= 11 is 0. The van der Waals surface area contributed by atoms with Crippen molar-refractivity contribution in [3.8, 4) is 11.5 Å². The van der Waals surface area contributed by atoms with Crippen molar-refractivity contribution < 1.29 is 14.9 Å². The summed E-state index contributed by atoms with van der Waals surface area (Å²) in [6, 6.07) is 5.34. The molecule has 0 spiro atoms. The minimum atomic E-state index is -0.0702. The van der Waals surface area contributed by atoms with E-state index in [1.807, 2.05) is 0 Å². The van der Waals surface area contributed by atoms with Gasteiger partial charge in [0.25, 0.3) is 0 Å². The molecule has 0 amide bonds. The van der Waals surface area contributed by atoms with Crippen LogP contribution in [0.25, 0.3) is 0 Å². The summed E-state index contributed by atoms with van der Waals surface area (Å²) in [4.78, 5) is 0. The summed E-state index contributed by atoms with van der Waals surface area (Å²) in [6.07, 6.45) is 2.17. The fraction of sp³-hybridized carbons (Fsp3) is 0.500. The molecule has 2 rings (SSSR count). The monoisotopic (exact) mass is 223 g/mol. The van der Waals surface area contributed by atoms with Crippen LogP contribution < -0.4 is 5.32 Å². The summed E-state index contributed by atoms with van der Waals surface area (Å²) in [6.45, 7) is 2.11. The van der Waals surface area contributed by atoms with E-state index in [-0.39, 0.29) is 11.5 Å². The van der Waals surface area contributed by atoms with Gasteiger partial charge in [0, 0.05) is 24.8 Å². The van der Waals surface area contributed by atoms with Gasteiger partial charge in [-0.25, -0.2) is 0 Å². The smallest absolute Gasteiger partial charge is 0.161 e. The zero-order valence-electron chi connectivity index (χ0n) is 9.15. The van der Waals surface area contributed by atoms with Gasteiger partial charge in [-0.2, -0.15) is 0 Å². The number of hydrogen-bond donors (Lipinski definition) is 3. The number of rotatable bonds is 3. The molecule has 0 bridgehead atoms. The first-order valence-corrected chi connectivity index (χ1v) is 5.58. The van der Waals surface area contributed by atoms with Crippen LogP contribution in [0.1, 0.15) is 18.4 Å². The molecule has 0 radical (unpaired) electrons. The van der Waals surface area contributed by atoms with E-state index in [9.17, 15) is 10.2 Å². The van der Waals surface area contributed by atoms with Crippen molar-refractivity contribution >= 4 is 0 Å². The number of hydrogen-bond acceptors (Lipinski definition) is 4. The molecule has 1 heterocycles. The number of para-hydroxylation sites is 1. The molecule has 1 saturated heterocycles. The van der Waals surface area contributed by atoms with Crippen molar-refractivity contribution in [1.29, 1.82) is 0 Å². The van der Waals surface area contributed by atoms with Crippen LogP contribution >= 0.6 is 0 Å². The highest BCUT2D eigenvalue weighted by molar-refractivity contribution is 5.44. The molecule has 88 valence electrons. The van der Waals surface area contributed by atoms with Gasteiger partial charge in [-0.1, -0.05) is 12.1 Å². The molecule has 0 aromatic heterocycles. The van der Waals surface area contributed by atoms with Crippen molar-refractivity contribution in [1.82, 2.24) is 5.32 Å². The summed E-state index contributed by atoms with van der Waals surface area (Å²) in [5.41, 5.74) is 0.713. The number of benzene rings is 1. The Morgan fingerprint density at radius 3 is 3.00 bits per heavy atom. The van der Waals surface area contributed by atoms with Gasteiger partial charge in [-0.3, -0.25) is 0 Å². The molecule has 1 aliphatic heterocycles. The van der Waals surface area contributed by atoms with Crippen molar-refractivity contribution in [3.63, 3.8) is 0 Å². The molecule has 1 aromatic rings. The molecule has 16 heavy (non-hydrogen) atoms. The van der Waals surface area contributed by atoms with Crippen LogP contribution in [-0.4, -0.2) is 29.5 Å². The van der Waals surface area contributed by atoms with E-state index in [2.05, 4.69) is 5.32 Å². The van der Waals surface area contributed by atoms with Crippen LogP contribution in [0.15, 0.2) is 18.2 Å². The van der Waals surface area contributed by atoms with E-state index >= 15 is 0 Å². The van der Waals surface area contributed by atoms with Crippen LogP contribution in [0.4, 0.5) is 0 Å². The standard InChI is InChI=1S/C12H17NO3/c14-11-5-1-3-9(12(11)15)7-13-10-4-2-6-16-8-10/h1,3,5,10,13-15H,2,4,6-8H2. The third-order valence-corrected chi connectivity index (χ3v) is 2.84. The Bertz CT molecular complexity index is 348. The van der Waals surface area contributed by atoms with Gasteiger partial charge in [0.1, 0.15) is 0 Å². The van der Waals surface area contributed by atoms with Gasteiger partial charge in [-0.05, 0) is 18.9 Å². The zero-order valence-corrected chi connectivity index (χ0v) is 9.15. The number of nitrogens with one attached hydrogen (secondary N) is 1. The molecule has 0 aliphatic carbocycles. The summed E-state index contributed by atoms with van der Waals surface area (Å²) in [5.74, 6) is -0.106. The highest BCUT2D eigenvalue weighted by Crippen LogP contribution is 2.28. The molecule has 4 heteroatoms. The van der Waals surface area contributed by atoms with Crippen LogP contribution in [0.3, 0.4) is 0 Å². The normalized spacial score (nSPS) is 20.9. The van der Waals surface area contributed by atoms with Crippen molar-refractivity contribution in [2.75, 3.05) is 13.2 Å². The molecule has 1 fully saturated rings.